The van der Waals surface area contributed by atoms with Crippen molar-refractivity contribution in [3.63, 3.8) is 0 Å². The Morgan fingerprint density at radius 1 is 1.14 bits per heavy atom. The Balaban J connectivity index is 0.00000364. The Bertz CT molecular complexity index is 722. The van der Waals surface area contributed by atoms with Crippen LogP contribution in [0.3, 0.4) is 0 Å². The van der Waals surface area contributed by atoms with E-state index in [2.05, 4.69) is 15.0 Å². The summed E-state index contributed by atoms with van der Waals surface area (Å²) in [7, 11) is 0. The van der Waals surface area contributed by atoms with Crippen LogP contribution in [0.1, 0.15) is 5.56 Å². The second-order valence-corrected chi connectivity index (χ2v) is 5.52. The maximum absolute atomic E-state index is 12.8. The van der Waals surface area contributed by atoms with Gasteiger partial charge in [-0.2, -0.15) is 8.78 Å². The van der Waals surface area contributed by atoms with Gasteiger partial charge in [0.05, 0.1) is 17.9 Å². The first-order valence-electron chi connectivity index (χ1n) is 7.63. The molecule has 1 aromatic heterocycles. The molecule has 1 amide bonds. The van der Waals surface area contributed by atoms with E-state index < -0.39 is 30.9 Å². The molecule has 1 aromatic carbocycles. The molecular weight excluding hydrogens is 425 g/mol. The van der Waals surface area contributed by atoms with Crippen LogP contribution < -0.4 is 15.8 Å². The molecule has 0 bridgehead atoms. The number of rotatable bonds is 8. The maximum atomic E-state index is 12.8. The molecule has 0 saturated carbocycles. The van der Waals surface area contributed by atoms with E-state index >= 15 is 0 Å². The van der Waals surface area contributed by atoms with E-state index in [-0.39, 0.29) is 36.4 Å². The van der Waals surface area contributed by atoms with Crippen LogP contribution in [0.15, 0.2) is 48.7 Å². The van der Waals surface area contributed by atoms with Crippen LogP contribution in [0.5, 0.6) is 5.88 Å². The average molecular weight is 444 g/mol. The van der Waals surface area contributed by atoms with E-state index in [1.165, 1.54) is 12.1 Å². The van der Waals surface area contributed by atoms with Gasteiger partial charge in [0.25, 0.3) is 0 Å². The largest absolute Gasteiger partial charge is 0.471 e. The molecule has 1 atom stereocenters. The number of hydrogen-bond acceptors (Lipinski definition) is 4. The molecule has 0 aliphatic heterocycles. The minimum absolute atomic E-state index is 0. The Kier molecular flexibility index (Phi) is 10.8. The van der Waals surface area contributed by atoms with Crippen LogP contribution >= 0.6 is 24.8 Å². The zero-order valence-corrected chi connectivity index (χ0v) is 16.0. The first kappa shape index (κ1) is 25.9. The lowest BCUT2D eigenvalue weighted by molar-refractivity contribution is -0.148. The van der Waals surface area contributed by atoms with Crippen LogP contribution in [-0.4, -0.2) is 35.9 Å². The van der Waals surface area contributed by atoms with Crippen molar-refractivity contribution >= 4 is 36.4 Å². The molecular formula is C17H19Cl2F4N3O2. The summed E-state index contributed by atoms with van der Waals surface area (Å²) < 4.78 is 54.2. The van der Waals surface area contributed by atoms with Crippen molar-refractivity contribution in [2.45, 2.75) is 24.8 Å². The van der Waals surface area contributed by atoms with Crippen molar-refractivity contribution in [1.82, 2.24) is 4.98 Å². The number of carbonyl (C=O) groups is 1. The van der Waals surface area contributed by atoms with E-state index in [0.29, 0.717) is 6.42 Å². The normalized spacial score (nSPS) is 11.8. The molecule has 1 heterocycles. The van der Waals surface area contributed by atoms with Crippen LogP contribution in [0, 0.1) is 0 Å². The number of nitrogens with one attached hydrogen (secondary N) is 1. The van der Waals surface area contributed by atoms with Crippen molar-refractivity contribution in [3.05, 3.63) is 54.2 Å². The number of alkyl halides is 4. The fraction of sp³-hybridized carbons (Fsp3) is 0.294. The molecule has 1 unspecified atom stereocenters. The molecule has 0 radical (unpaired) electrons. The van der Waals surface area contributed by atoms with Gasteiger partial charge in [0, 0.05) is 6.07 Å². The number of anilines is 1. The second kappa shape index (κ2) is 11.7. The number of nitrogens with zero attached hydrogens (tertiary/aromatic N) is 1. The number of halogens is 6. The summed E-state index contributed by atoms with van der Waals surface area (Å²) in [5.74, 6) is -4.98. The van der Waals surface area contributed by atoms with E-state index in [9.17, 15) is 22.4 Å². The minimum Gasteiger partial charge on any atom is -0.471 e. The lowest BCUT2D eigenvalue weighted by atomic mass is 10.1. The van der Waals surface area contributed by atoms with E-state index in [0.717, 1.165) is 11.8 Å². The minimum atomic E-state index is -4.27. The third-order valence-corrected chi connectivity index (χ3v) is 3.37. The summed E-state index contributed by atoms with van der Waals surface area (Å²) in [5, 5.41) is 2.53. The van der Waals surface area contributed by atoms with Crippen LogP contribution in [-0.2, 0) is 11.2 Å². The molecule has 11 heteroatoms. The highest BCUT2D eigenvalue weighted by Crippen LogP contribution is 2.24. The summed E-state index contributed by atoms with van der Waals surface area (Å²) in [4.78, 5) is 15.7. The summed E-state index contributed by atoms with van der Waals surface area (Å²) in [6.07, 6.45) is -2.33. The summed E-state index contributed by atoms with van der Waals surface area (Å²) in [6, 6.07) is 10.9. The molecule has 3 N–H and O–H groups in total. The summed E-state index contributed by atoms with van der Waals surface area (Å²) in [6.45, 7) is -1.49. The third kappa shape index (κ3) is 7.87. The van der Waals surface area contributed by atoms with Gasteiger partial charge >= 0.3 is 12.3 Å². The van der Waals surface area contributed by atoms with Crippen LogP contribution in [0.4, 0.5) is 23.2 Å². The highest BCUT2D eigenvalue weighted by molar-refractivity contribution is 5.94. The number of benzene rings is 1. The van der Waals surface area contributed by atoms with Gasteiger partial charge in [-0.15, -0.1) is 24.8 Å². The number of hydrogen-bond donors (Lipinski definition) is 2. The van der Waals surface area contributed by atoms with Crippen molar-refractivity contribution in [1.29, 1.82) is 0 Å². The number of pyridine rings is 1. The fourth-order valence-corrected chi connectivity index (χ4v) is 1.97. The standard InChI is InChI=1S/C17H17F4N3O2.2ClH/c18-16(19)17(20,21)10-26-14-7-6-12(9-23-14)24-15(25)13(22)8-11-4-2-1-3-5-11;;/h1-7,9,13,16H,8,10,22H2,(H,24,25);2*1H. The maximum Gasteiger partial charge on any atom is 0.340 e. The molecule has 2 aromatic rings. The second-order valence-electron chi connectivity index (χ2n) is 5.52. The number of ether oxygens (including phenoxy) is 1. The average Bonchev–Trinajstić information content (AvgIpc) is 2.62. The molecule has 2 rings (SSSR count). The third-order valence-electron chi connectivity index (χ3n) is 3.37. The molecule has 0 saturated heterocycles. The molecule has 5 nitrogen and oxygen atoms in total. The first-order valence-corrected chi connectivity index (χ1v) is 7.63. The van der Waals surface area contributed by atoms with Crippen molar-refractivity contribution < 1.29 is 27.1 Å². The van der Waals surface area contributed by atoms with Crippen molar-refractivity contribution in [2.75, 3.05) is 11.9 Å². The van der Waals surface area contributed by atoms with E-state index in [4.69, 9.17) is 5.73 Å². The Morgan fingerprint density at radius 3 is 2.32 bits per heavy atom. The van der Waals surface area contributed by atoms with Gasteiger partial charge < -0.3 is 15.8 Å². The number of carbonyl (C=O) groups excluding carboxylic acids is 1. The monoisotopic (exact) mass is 443 g/mol. The van der Waals surface area contributed by atoms with Crippen molar-refractivity contribution in [3.8, 4) is 5.88 Å². The Morgan fingerprint density at radius 2 is 1.79 bits per heavy atom. The smallest absolute Gasteiger partial charge is 0.340 e. The molecule has 156 valence electrons. The van der Waals surface area contributed by atoms with Gasteiger partial charge in [0.2, 0.25) is 11.8 Å². The topological polar surface area (TPSA) is 77.2 Å². The highest BCUT2D eigenvalue weighted by atomic mass is 35.5. The molecule has 0 fully saturated rings. The lowest BCUT2D eigenvalue weighted by Crippen LogP contribution is -2.37. The van der Waals surface area contributed by atoms with Crippen LogP contribution in [0.25, 0.3) is 0 Å². The zero-order chi connectivity index (χ0) is 19.2. The highest BCUT2D eigenvalue weighted by Gasteiger charge is 2.41. The lowest BCUT2D eigenvalue weighted by Gasteiger charge is -2.15. The van der Waals surface area contributed by atoms with Crippen LogP contribution in [0.2, 0.25) is 0 Å². The predicted molar refractivity (Wildman–Crippen MR) is 102 cm³/mol. The fourth-order valence-electron chi connectivity index (χ4n) is 1.97. The predicted octanol–water partition coefficient (Wildman–Crippen LogP) is 3.71. The number of aromatic nitrogens is 1. The van der Waals surface area contributed by atoms with E-state index in [1.54, 1.807) is 0 Å². The molecule has 0 aliphatic rings. The number of amides is 1. The van der Waals surface area contributed by atoms with Gasteiger partial charge in [0.1, 0.15) is 0 Å². The SMILES string of the molecule is Cl.Cl.NC(Cc1ccccc1)C(=O)Nc1ccc(OCC(F)(F)C(F)F)nc1. The molecule has 0 aliphatic carbocycles. The van der Waals surface area contributed by atoms with E-state index in [1.807, 2.05) is 30.3 Å². The quantitative estimate of drug-likeness (QED) is 0.609. The summed E-state index contributed by atoms with van der Waals surface area (Å²) in [5.41, 5.74) is 7.01. The Hall–Kier alpha value is -2.10. The van der Waals surface area contributed by atoms with Gasteiger partial charge in [-0.25, -0.2) is 13.8 Å². The summed E-state index contributed by atoms with van der Waals surface area (Å²) >= 11 is 0. The first-order chi connectivity index (χ1) is 12.3. The van der Waals surface area contributed by atoms with Gasteiger partial charge in [-0.05, 0) is 18.1 Å². The molecule has 0 spiro atoms. The van der Waals surface area contributed by atoms with Gasteiger partial charge in [-0.3, -0.25) is 4.79 Å². The van der Waals surface area contributed by atoms with Crippen molar-refractivity contribution in [2.24, 2.45) is 5.73 Å². The molecule has 28 heavy (non-hydrogen) atoms. The van der Waals surface area contributed by atoms with Gasteiger partial charge in [-0.1, -0.05) is 30.3 Å². The van der Waals surface area contributed by atoms with Gasteiger partial charge in [0.15, 0.2) is 6.61 Å². The Labute approximate surface area is 171 Å². The number of nitrogens with two attached hydrogens (primary N) is 1. The zero-order valence-electron chi connectivity index (χ0n) is 14.4.